The summed E-state index contributed by atoms with van der Waals surface area (Å²) in [6.45, 7) is -0.0230. The third-order valence-corrected chi connectivity index (χ3v) is 7.48. The smallest absolute Gasteiger partial charge is 0.421 e. The Labute approximate surface area is 247 Å². The maximum atomic E-state index is 15.3. The molecule has 2 saturated heterocycles. The second-order valence-electron chi connectivity index (χ2n) is 9.94. The molecule has 2 aromatic carbocycles. The summed E-state index contributed by atoms with van der Waals surface area (Å²) in [5.41, 5.74) is -2.01. The number of nitrogens with one attached hydrogen (secondary N) is 1. The van der Waals surface area contributed by atoms with E-state index in [1.165, 1.54) is 31.4 Å². The minimum Gasteiger partial charge on any atom is -0.497 e. The van der Waals surface area contributed by atoms with E-state index in [0.29, 0.717) is 18.1 Å². The number of alkyl halides is 3. The van der Waals surface area contributed by atoms with E-state index in [4.69, 9.17) is 21.1 Å². The zero-order chi connectivity index (χ0) is 30.9. The Morgan fingerprint density at radius 2 is 1.88 bits per heavy atom. The van der Waals surface area contributed by atoms with Gasteiger partial charge in [0.1, 0.15) is 28.8 Å². The number of ether oxygens (including phenoxy) is 2. The van der Waals surface area contributed by atoms with Gasteiger partial charge in [0, 0.05) is 59.8 Å². The highest BCUT2D eigenvalue weighted by Gasteiger charge is 2.48. The molecular formula is C29H24ClF5N4O4. The van der Waals surface area contributed by atoms with Crippen LogP contribution in [0.15, 0.2) is 53.7 Å². The van der Waals surface area contributed by atoms with Crippen molar-refractivity contribution in [3.63, 3.8) is 0 Å². The first-order chi connectivity index (χ1) is 20.5. The maximum absolute atomic E-state index is 15.3. The number of carbonyl (C=O) groups excluding carboxylic acids is 2. The van der Waals surface area contributed by atoms with E-state index in [2.05, 4.69) is 15.3 Å². The molecule has 0 bridgehead atoms. The Balaban J connectivity index is 1.58. The summed E-state index contributed by atoms with van der Waals surface area (Å²) in [6.07, 6.45) is -2.49. The number of benzene rings is 2. The van der Waals surface area contributed by atoms with Crippen LogP contribution in [0.25, 0.3) is 0 Å². The average molecular weight is 623 g/mol. The largest absolute Gasteiger partial charge is 0.497 e. The normalized spacial score (nSPS) is 20.7. The summed E-state index contributed by atoms with van der Waals surface area (Å²) in [4.78, 5) is 34.9. The molecule has 5 rings (SSSR count). The molecule has 3 heterocycles. The first-order valence-electron chi connectivity index (χ1n) is 13.1. The fraction of sp³-hybridized carbons (Fsp3) is 0.310. The molecule has 226 valence electrons. The number of anilines is 2. The monoisotopic (exact) mass is 622 g/mol. The van der Waals surface area contributed by atoms with Crippen LogP contribution in [0.3, 0.4) is 0 Å². The van der Waals surface area contributed by atoms with Gasteiger partial charge in [0.25, 0.3) is 5.91 Å². The van der Waals surface area contributed by atoms with Gasteiger partial charge in [-0.2, -0.15) is 13.2 Å². The van der Waals surface area contributed by atoms with Crippen molar-refractivity contribution < 1.29 is 41.0 Å². The molecule has 0 saturated carbocycles. The second-order valence-corrected chi connectivity index (χ2v) is 10.4. The van der Waals surface area contributed by atoms with Gasteiger partial charge in [-0.25, -0.2) is 18.8 Å². The Morgan fingerprint density at radius 1 is 1.19 bits per heavy atom. The van der Waals surface area contributed by atoms with E-state index in [0.717, 1.165) is 35.5 Å². The van der Waals surface area contributed by atoms with Gasteiger partial charge < -0.3 is 14.8 Å². The lowest BCUT2D eigenvalue weighted by Crippen LogP contribution is -2.31. The summed E-state index contributed by atoms with van der Waals surface area (Å²) in [7, 11) is 1.20. The lowest BCUT2D eigenvalue weighted by atomic mass is 9.88. The van der Waals surface area contributed by atoms with Crippen LogP contribution in [0.1, 0.15) is 33.8 Å². The zero-order valence-corrected chi connectivity index (χ0v) is 23.3. The topological polar surface area (TPSA) is 93.1 Å². The van der Waals surface area contributed by atoms with Gasteiger partial charge in [-0.1, -0.05) is 11.6 Å². The van der Waals surface area contributed by atoms with Gasteiger partial charge in [0.15, 0.2) is 0 Å². The van der Waals surface area contributed by atoms with Crippen molar-refractivity contribution in [3.8, 4) is 5.75 Å². The summed E-state index contributed by atoms with van der Waals surface area (Å²) < 4.78 is 84.1. The van der Waals surface area contributed by atoms with E-state index in [1.807, 2.05) is 0 Å². The lowest BCUT2D eigenvalue weighted by molar-refractivity contribution is -0.136. The first-order valence-corrected chi connectivity index (χ1v) is 13.4. The first kappa shape index (κ1) is 30.4. The van der Waals surface area contributed by atoms with Crippen LogP contribution in [0, 0.1) is 17.6 Å². The molecule has 1 aromatic heterocycles. The molecule has 43 heavy (non-hydrogen) atoms. The third kappa shape index (κ3) is 6.32. The summed E-state index contributed by atoms with van der Waals surface area (Å²) in [6, 6.07) is 8.19. The Kier molecular flexibility index (Phi) is 8.65. The third-order valence-electron chi connectivity index (χ3n) is 7.23. The Morgan fingerprint density at radius 3 is 2.49 bits per heavy atom. The predicted molar refractivity (Wildman–Crippen MR) is 148 cm³/mol. The van der Waals surface area contributed by atoms with Gasteiger partial charge in [-0.15, -0.1) is 0 Å². The number of rotatable bonds is 7. The van der Waals surface area contributed by atoms with Crippen LogP contribution in [0.4, 0.5) is 33.5 Å². The summed E-state index contributed by atoms with van der Waals surface area (Å²) in [5, 5.41) is 3.16. The van der Waals surface area contributed by atoms with Gasteiger partial charge >= 0.3 is 6.18 Å². The van der Waals surface area contributed by atoms with Gasteiger partial charge in [-0.3, -0.25) is 14.5 Å². The van der Waals surface area contributed by atoms with Crippen LogP contribution in [0.2, 0.25) is 5.02 Å². The molecule has 2 unspecified atom stereocenters. The van der Waals surface area contributed by atoms with Crippen molar-refractivity contribution in [1.82, 2.24) is 4.98 Å². The zero-order valence-electron chi connectivity index (χ0n) is 22.5. The van der Waals surface area contributed by atoms with E-state index in [-0.39, 0.29) is 23.6 Å². The second kappa shape index (κ2) is 12.3. The number of aliphatic imine (C=N–C) groups is 1. The number of carbonyl (C=O) groups is 2. The van der Waals surface area contributed by atoms with E-state index in [1.54, 1.807) is 0 Å². The summed E-state index contributed by atoms with van der Waals surface area (Å²) >= 11 is 5.86. The fourth-order valence-electron chi connectivity index (χ4n) is 5.15. The number of amides is 2. The highest BCUT2D eigenvalue weighted by atomic mass is 35.5. The Bertz CT molecular complexity index is 1540. The number of hydrogen-bond donors (Lipinski definition) is 1. The lowest BCUT2D eigenvalue weighted by Gasteiger charge is -2.24. The number of methoxy groups -OCH3 is 1. The molecule has 0 radical (unpaired) electrons. The van der Waals surface area contributed by atoms with E-state index < -0.39 is 71.0 Å². The molecule has 2 fully saturated rings. The molecule has 3 aromatic rings. The van der Waals surface area contributed by atoms with Crippen LogP contribution in [-0.4, -0.2) is 55.9 Å². The molecule has 0 aliphatic carbocycles. The van der Waals surface area contributed by atoms with E-state index in [9.17, 15) is 22.8 Å². The Hall–Kier alpha value is -4.10. The highest BCUT2D eigenvalue weighted by Crippen LogP contribution is 2.45. The van der Waals surface area contributed by atoms with Gasteiger partial charge in [0.05, 0.1) is 31.4 Å². The van der Waals surface area contributed by atoms with Crippen LogP contribution >= 0.6 is 11.6 Å². The van der Waals surface area contributed by atoms with Crippen molar-refractivity contribution >= 4 is 41.1 Å². The predicted octanol–water partition coefficient (Wildman–Crippen LogP) is 5.90. The van der Waals surface area contributed by atoms with E-state index >= 15 is 8.78 Å². The number of halogens is 6. The minimum atomic E-state index is -4.96. The molecule has 2 aliphatic heterocycles. The average Bonchev–Trinajstić information content (AvgIpc) is 3.58. The molecule has 8 nitrogen and oxygen atoms in total. The SMILES string of the molecule is COc1cc(F)c([C@@H]2CN(c3nccc(NC4CCOC4)c3C(F)(F)F)C(=O)C2C=NC(=O)c2ccc(Cl)cc2)c(F)c1. The molecular weight excluding hydrogens is 599 g/mol. The molecule has 1 N–H and O–H groups in total. The van der Waals surface area contributed by atoms with Crippen molar-refractivity contribution in [2.75, 3.05) is 37.1 Å². The number of nitrogens with zero attached hydrogens (tertiary/aromatic N) is 3. The van der Waals surface area contributed by atoms with Crippen molar-refractivity contribution in [3.05, 3.63) is 82.0 Å². The fourth-order valence-corrected chi connectivity index (χ4v) is 5.28. The highest BCUT2D eigenvalue weighted by molar-refractivity contribution is 6.30. The molecule has 2 aliphatic rings. The minimum absolute atomic E-state index is 0.108. The molecule has 0 spiro atoms. The van der Waals surface area contributed by atoms with Crippen LogP contribution in [-0.2, 0) is 15.7 Å². The maximum Gasteiger partial charge on any atom is 0.421 e. The number of hydrogen-bond acceptors (Lipinski definition) is 6. The van der Waals surface area contributed by atoms with Crippen LogP contribution < -0.4 is 15.0 Å². The van der Waals surface area contributed by atoms with Gasteiger partial charge in [0.2, 0.25) is 5.91 Å². The van der Waals surface area contributed by atoms with Crippen molar-refractivity contribution in [2.24, 2.45) is 10.9 Å². The van der Waals surface area contributed by atoms with Crippen LogP contribution in [0.5, 0.6) is 5.75 Å². The quantitative estimate of drug-likeness (QED) is 0.261. The molecule has 14 heteroatoms. The number of pyridine rings is 1. The summed E-state index contributed by atoms with van der Waals surface area (Å²) in [5.74, 6) is -7.72. The van der Waals surface area contributed by atoms with Gasteiger partial charge in [-0.05, 0) is 36.8 Å². The van der Waals surface area contributed by atoms with Crippen molar-refractivity contribution in [1.29, 1.82) is 0 Å². The van der Waals surface area contributed by atoms with Crippen molar-refractivity contribution in [2.45, 2.75) is 24.6 Å². The molecule has 2 amide bonds. The molecule has 3 atom stereocenters. The number of aromatic nitrogens is 1. The standard InChI is InChI=1S/C29H24ClF5N4O4/c1-42-18-10-21(31)24(22(32)11-18)20-13-39(28(41)19(20)12-37-27(40)15-2-4-16(30)5-3-15)26-25(29(33,34)35)23(6-8-36-26)38-17-7-9-43-14-17/h2-6,8,10-12,17,19-20H,7,9,13-14H2,1H3,(H,36,38)/t17?,19?,20-/m1/s1.